The van der Waals surface area contributed by atoms with E-state index in [1.165, 1.54) is 0 Å². The van der Waals surface area contributed by atoms with Crippen LogP contribution in [0, 0.1) is 0 Å². The fraction of sp³-hybridized carbons (Fsp3) is 0.429. The highest BCUT2D eigenvalue weighted by Crippen LogP contribution is 2.19. The van der Waals surface area contributed by atoms with Crippen LogP contribution in [0.1, 0.15) is 25.7 Å². The lowest BCUT2D eigenvalue weighted by Gasteiger charge is -2.17. The van der Waals surface area contributed by atoms with Gasteiger partial charge in [0.25, 0.3) is 0 Å². The van der Waals surface area contributed by atoms with Gasteiger partial charge in [0.15, 0.2) is 0 Å². The molecule has 8 heteroatoms. The van der Waals surface area contributed by atoms with Crippen LogP contribution in [0.25, 0.3) is 0 Å². The molecule has 0 N–H and O–H groups in total. The molecule has 0 radical (unpaired) electrons. The monoisotopic (exact) mass is 321 g/mol. The van der Waals surface area contributed by atoms with Crippen LogP contribution in [0.5, 0.6) is 11.8 Å². The Morgan fingerprint density at radius 1 is 1.09 bits per heavy atom. The molecule has 1 aliphatic rings. The maximum atomic E-state index is 12.3. The fourth-order valence-corrected chi connectivity index (χ4v) is 2.45. The van der Waals surface area contributed by atoms with Crippen LogP contribution < -0.4 is 4.74 Å². The van der Waals surface area contributed by atoms with Gasteiger partial charge < -0.3 is 9.64 Å². The number of halogens is 1. The van der Waals surface area contributed by atoms with Gasteiger partial charge >= 0.3 is 12.0 Å². The van der Waals surface area contributed by atoms with Crippen molar-refractivity contribution in [2.24, 2.45) is 0 Å². The minimum absolute atomic E-state index is 0.0329. The molecule has 22 heavy (non-hydrogen) atoms. The number of hydrogen-bond acceptors (Lipinski definition) is 5. The summed E-state index contributed by atoms with van der Waals surface area (Å²) in [7, 11) is 0. The van der Waals surface area contributed by atoms with Crippen molar-refractivity contribution >= 4 is 17.6 Å². The van der Waals surface area contributed by atoms with Crippen molar-refractivity contribution in [1.29, 1.82) is 0 Å². The second kappa shape index (κ2) is 6.74. The number of benzene rings is 1. The number of carbonyl (C=O) groups excluding carboxylic acids is 1. The quantitative estimate of drug-likeness (QED) is 0.850. The normalized spacial score (nSPS) is 15.4. The molecule has 1 aromatic heterocycles. The summed E-state index contributed by atoms with van der Waals surface area (Å²) in [6.07, 6.45) is 4.32. The van der Waals surface area contributed by atoms with E-state index >= 15 is 0 Å². The van der Waals surface area contributed by atoms with Gasteiger partial charge in [0, 0.05) is 18.1 Å². The second-order valence-electron chi connectivity index (χ2n) is 5.10. The van der Waals surface area contributed by atoms with E-state index in [1.807, 2.05) is 0 Å². The topological polar surface area (TPSA) is 73.1 Å². The van der Waals surface area contributed by atoms with Gasteiger partial charge in [-0.1, -0.05) is 39.4 Å². The summed E-state index contributed by atoms with van der Waals surface area (Å²) >= 11 is 5.81. The lowest BCUT2D eigenvalue weighted by atomic mass is 10.2. The Hall–Kier alpha value is -2.15. The standard InChI is InChI=1S/C14H16ClN5O2/c15-11-5-7-12(8-6-11)22-13-16-18-20(17-13)14(21)19-9-3-1-2-4-10-19/h5-8H,1-4,9-10H2. The van der Waals surface area contributed by atoms with Gasteiger partial charge in [-0.3, -0.25) is 0 Å². The maximum absolute atomic E-state index is 12.3. The van der Waals surface area contributed by atoms with Gasteiger partial charge in [0.2, 0.25) is 0 Å². The maximum Gasteiger partial charge on any atom is 0.363 e. The second-order valence-corrected chi connectivity index (χ2v) is 5.54. The van der Waals surface area contributed by atoms with Crippen molar-refractivity contribution in [3.63, 3.8) is 0 Å². The Bertz CT molecular complexity index is 635. The number of carbonyl (C=O) groups is 1. The summed E-state index contributed by atoms with van der Waals surface area (Å²) < 4.78 is 5.44. The van der Waals surface area contributed by atoms with E-state index in [-0.39, 0.29) is 12.0 Å². The molecule has 1 fully saturated rings. The molecule has 0 bridgehead atoms. The van der Waals surface area contributed by atoms with Crippen LogP contribution in [-0.4, -0.2) is 44.2 Å². The molecule has 1 saturated heterocycles. The van der Waals surface area contributed by atoms with Crippen molar-refractivity contribution in [1.82, 2.24) is 25.1 Å². The minimum atomic E-state index is -0.264. The molecular formula is C14H16ClN5O2. The predicted molar refractivity (Wildman–Crippen MR) is 80.2 cm³/mol. The average Bonchev–Trinajstić information content (AvgIpc) is 2.82. The summed E-state index contributed by atoms with van der Waals surface area (Å²) in [5, 5.41) is 12.1. The average molecular weight is 322 g/mol. The van der Waals surface area contributed by atoms with Crippen LogP contribution >= 0.6 is 11.6 Å². The van der Waals surface area contributed by atoms with Crippen molar-refractivity contribution in [3.05, 3.63) is 29.3 Å². The zero-order valence-electron chi connectivity index (χ0n) is 12.0. The Balaban J connectivity index is 1.67. The number of rotatable bonds is 2. The van der Waals surface area contributed by atoms with Crippen molar-refractivity contribution in [2.45, 2.75) is 25.7 Å². The Morgan fingerprint density at radius 3 is 2.45 bits per heavy atom. The van der Waals surface area contributed by atoms with Crippen LogP contribution in [0.3, 0.4) is 0 Å². The number of likely N-dealkylation sites (tertiary alicyclic amines) is 1. The number of aromatic nitrogens is 4. The Morgan fingerprint density at radius 2 is 1.77 bits per heavy atom. The van der Waals surface area contributed by atoms with Gasteiger partial charge in [-0.2, -0.15) is 0 Å². The number of ether oxygens (including phenoxy) is 1. The molecule has 0 unspecified atom stereocenters. The van der Waals surface area contributed by atoms with Crippen molar-refractivity contribution in [3.8, 4) is 11.8 Å². The number of nitrogens with zero attached hydrogens (tertiary/aromatic N) is 5. The smallest absolute Gasteiger partial charge is 0.363 e. The van der Waals surface area contributed by atoms with E-state index in [1.54, 1.807) is 29.2 Å². The lowest BCUT2D eigenvalue weighted by molar-refractivity contribution is 0.193. The summed E-state index contributed by atoms with van der Waals surface area (Å²) in [4.78, 5) is 15.0. The molecule has 7 nitrogen and oxygen atoms in total. The van der Waals surface area contributed by atoms with Gasteiger partial charge in [-0.05, 0) is 42.3 Å². The highest BCUT2D eigenvalue weighted by molar-refractivity contribution is 6.30. The minimum Gasteiger partial charge on any atom is -0.422 e. The largest absolute Gasteiger partial charge is 0.422 e. The highest BCUT2D eigenvalue weighted by atomic mass is 35.5. The molecule has 0 saturated carbocycles. The SMILES string of the molecule is O=C(N1CCCCCC1)n1nnc(Oc2ccc(Cl)cc2)n1. The molecule has 3 rings (SSSR count). The molecule has 116 valence electrons. The molecule has 0 atom stereocenters. The van der Waals surface area contributed by atoms with E-state index in [0.29, 0.717) is 10.8 Å². The van der Waals surface area contributed by atoms with E-state index in [4.69, 9.17) is 16.3 Å². The first kappa shape index (κ1) is 14.8. The molecule has 1 amide bonds. The predicted octanol–water partition coefficient (Wildman–Crippen LogP) is 2.96. The Kier molecular flexibility index (Phi) is 4.53. The number of amides is 1. The summed E-state index contributed by atoms with van der Waals surface area (Å²) in [6.45, 7) is 1.46. The highest BCUT2D eigenvalue weighted by Gasteiger charge is 2.20. The third kappa shape index (κ3) is 3.54. The van der Waals surface area contributed by atoms with Crippen LogP contribution in [0.15, 0.2) is 24.3 Å². The third-order valence-corrected chi connectivity index (χ3v) is 3.72. The number of tetrazole rings is 1. The van der Waals surface area contributed by atoms with E-state index in [9.17, 15) is 4.79 Å². The zero-order chi connectivity index (χ0) is 15.4. The van der Waals surface area contributed by atoms with E-state index in [0.717, 1.165) is 43.6 Å². The van der Waals surface area contributed by atoms with Crippen molar-refractivity contribution in [2.75, 3.05) is 13.1 Å². The van der Waals surface area contributed by atoms with Gasteiger partial charge in [0.1, 0.15) is 5.75 Å². The van der Waals surface area contributed by atoms with Crippen molar-refractivity contribution < 1.29 is 9.53 Å². The first-order valence-electron chi connectivity index (χ1n) is 7.25. The van der Waals surface area contributed by atoms with Crippen LogP contribution in [0.4, 0.5) is 4.79 Å². The van der Waals surface area contributed by atoms with E-state index < -0.39 is 0 Å². The van der Waals surface area contributed by atoms with E-state index in [2.05, 4.69) is 15.4 Å². The lowest BCUT2D eigenvalue weighted by Crippen LogP contribution is -2.36. The van der Waals surface area contributed by atoms with Gasteiger partial charge in [-0.15, -0.1) is 0 Å². The Labute approximate surface area is 132 Å². The third-order valence-electron chi connectivity index (χ3n) is 3.47. The molecule has 0 spiro atoms. The molecule has 0 aliphatic carbocycles. The zero-order valence-corrected chi connectivity index (χ0v) is 12.7. The summed E-state index contributed by atoms with van der Waals surface area (Å²) in [5.74, 6) is 0.533. The summed E-state index contributed by atoms with van der Waals surface area (Å²) in [5.41, 5.74) is 0. The molecular weight excluding hydrogens is 306 g/mol. The van der Waals surface area contributed by atoms with Crippen LogP contribution in [0.2, 0.25) is 5.02 Å². The molecule has 1 aromatic carbocycles. The molecule has 2 aromatic rings. The molecule has 2 heterocycles. The first-order chi connectivity index (χ1) is 10.7. The summed E-state index contributed by atoms with van der Waals surface area (Å²) in [6, 6.07) is 6.55. The fourth-order valence-electron chi connectivity index (χ4n) is 2.32. The van der Waals surface area contributed by atoms with Crippen LogP contribution in [-0.2, 0) is 0 Å². The number of hydrogen-bond donors (Lipinski definition) is 0. The first-order valence-corrected chi connectivity index (χ1v) is 7.63. The molecule has 1 aliphatic heterocycles. The van der Waals surface area contributed by atoms with Gasteiger partial charge in [0.05, 0.1) is 0 Å². The van der Waals surface area contributed by atoms with Gasteiger partial charge in [-0.25, -0.2) is 4.79 Å².